The SMILES string of the molecule is COc1cccc2c(C(C)=O)c(C)n(C)c12. The predicted octanol–water partition coefficient (Wildman–Crippen LogP) is 2.70. The molecule has 0 saturated heterocycles. The van der Waals surface area contributed by atoms with Crippen molar-refractivity contribution < 1.29 is 9.53 Å². The number of nitrogens with zero attached hydrogens (tertiary/aromatic N) is 1. The fourth-order valence-corrected chi connectivity index (χ4v) is 2.21. The predicted molar refractivity (Wildman–Crippen MR) is 64.2 cm³/mol. The monoisotopic (exact) mass is 217 g/mol. The minimum absolute atomic E-state index is 0.0938. The van der Waals surface area contributed by atoms with Gasteiger partial charge < -0.3 is 9.30 Å². The van der Waals surface area contributed by atoms with E-state index in [0.29, 0.717) is 0 Å². The number of carbonyl (C=O) groups is 1. The minimum atomic E-state index is 0.0938. The maximum absolute atomic E-state index is 11.6. The second kappa shape index (κ2) is 3.67. The van der Waals surface area contributed by atoms with Gasteiger partial charge in [0, 0.05) is 23.7 Å². The summed E-state index contributed by atoms with van der Waals surface area (Å²) in [5.41, 5.74) is 2.75. The molecule has 0 spiro atoms. The summed E-state index contributed by atoms with van der Waals surface area (Å²) in [7, 11) is 3.59. The van der Waals surface area contributed by atoms with Crippen molar-refractivity contribution in [2.75, 3.05) is 7.11 Å². The lowest BCUT2D eigenvalue weighted by atomic mass is 10.1. The highest BCUT2D eigenvalue weighted by molar-refractivity contribution is 6.09. The summed E-state index contributed by atoms with van der Waals surface area (Å²) >= 11 is 0. The lowest BCUT2D eigenvalue weighted by Crippen LogP contribution is -1.96. The Morgan fingerprint density at radius 2 is 2.06 bits per heavy atom. The van der Waals surface area contributed by atoms with E-state index in [1.165, 1.54) is 0 Å². The molecule has 0 saturated carbocycles. The number of aryl methyl sites for hydroxylation is 1. The van der Waals surface area contributed by atoms with Crippen LogP contribution in [0.2, 0.25) is 0 Å². The van der Waals surface area contributed by atoms with Crippen LogP contribution in [0.3, 0.4) is 0 Å². The van der Waals surface area contributed by atoms with Crippen molar-refractivity contribution in [2.45, 2.75) is 13.8 Å². The molecular weight excluding hydrogens is 202 g/mol. The van der Waals surface area contributed by atoms with Crippen molar-refractivity contribution >= 4 is 16.7 Å². The summed E-state index contributed by atoms with van der Waals surface area (Å²) in [5.74, 6) is 0.895. The van der Waals surface area contributed by atoms with Crippen LogP contribution in [-0.2, 0) is 7.05 Å². The van der Waals surface area contributed by atoms with Gasteiger partial charge in [-0.2, -0.15) is 0 Å². The second-order valence-corrected chi connectivity index (χ2v) is 3.93. The quantitative estimate of drug-likeness (QED) is 0.724. The van der Waals surface area contributed by atoms with Gasteiger partial charge in [0.2, 0.25) is 0 Å². The minimum Gasteiger partial charge on any atom is -0.495 e. The van der Waals surface area contributed by atoms with Crippen LogP contribution in [0.5, 0.6) is 5.75 Å². The first-order valence-electron chi connectivity index (χ1n) is 5.20. The molecule has 0 aliphatic rings. The fourth-order valence-electron chi connectivity index (χ4n) is 2.21. The molecule has 3 nitrogen and oxygen atoms in total. The van der Waals surface area contributed by atoms with Gasteiger partial charge in [-0.3, -0.25) is 4.79 Å². The first-order chi connectivity index (χ1) is 7.57. The Morgan fingerprint density at radius 1 is 1.38 bits per heavy atom. The Balaban J connectivity index is 2.95. The molecule has 0 unspecified atom stereocenters. The van der Waals surface area contributed by atoms with Crippen LogP contribution in [0.25, 0.3) is 10.9 Å². The highest BCUT2D eigenvalue weighted by atomic mass is 16.5. The summed E-state index contributed by atoms with van der Waals surface area (Å²) in [6, 6.07) is 5.78. The Labute approximate surface area is 94.6 Å². The van der Waals surface area contributed by atoms with Gasteiger partial charge in [0.15, 0.2) is 5.78 Å². The Kier molecular flexibility index (Phi) is 2.46. The van der Waals surface area contributed by atoms with Gasteiger partial charge in [0.1, 0.15) is 5.75 Å². The first kappa shape index (κ1) is 10.7. The topological polar surface area (TPSA) is 31.2 Å². The number of hydrogen-bond acceptors (Lipinski definition) is 2. The number of carbonyl (C=O) groups excluding carboxylic acids is 1. The van der Waals surface area contributed by atoms with Crippen LogP contribution < -0.4 is 4.74 Å². The fraction of sp³-hybridized carbons (Fsp3) is 0.308. The molecule has 1 aromatic heterocycles. The summed E-state index contributed by atoms with van der Waals surface area (Å²) < 4.78 is 7.33. The largest absolute Gasteiger partial charge is 0.495 e. The Bertz CT molecular complexity index is 567. The van der Waals surface area contributed by atoms with E-state index in [1.807, 2.05) is 36.7 Å². The molecule has 0 fully saturated rings. The van der Waals surface area contributed by atoms with Crippen molar-refractivity contribution in [3.8, 4) is 5.75 Å². The lowest BCUT2D eigenvalue weighted by molar-refractivity contribution is 0.101. The number of benzene rings is 1. The Hall–Kier alpha value is -1.77. The molecule has 3 heteroatoms. The summed E-state index contributed by atoms with van der Waals surface area (Å²) in [5, 5.41) is 0.965. The molecular formula is C13H15NO2. The molecule has 2 aromatic rings. The van der Waals surface area contributed by atoms with Gasteiger partial charge in [-0.25, -0.2) is 0 Å². The third-order valence-electron chi connectivity index (χ3n) is 3.04. The molecule has 0 radical (unpaired) electrons. The first-order valence-corrected chi connectivity index (χ1v) is 5.20. The molecule has 2 rings (SSSR count). The van der Waals surface area contributed by atoms with E-state index in [9.17, 15) is 4.79 Å². The average molecular weight is 217 g/mol. The zero-order chi connectivity index (χ0) is 11.9. The van der Waals surface area contributed by atoms with Gasteiger partial charge >= 0.3 is 0 Å². The molecule has 0 aliphatic heterocycles. The van der Waals surface area contributed by atoms with E-state index < -0.39 is 0 Å². The highest BCUT2D eigenvalue weighted by Crippen LogP contribution is 2.31. The molecule has 16 heavy (non-hydrogen) atoms. The highest BCUT2D eigenvalue weighted by Gasteiger charge is 2.17. The van der Waals surface area contributed by atoms with E-state index in [1.54, 1.807) is 14.0 Å². The number of para-hydroxylation sites is 1. The number of ether oxygens (including phenoxy) is 1. The maximum Gasteiger partial charge on any atom is 0.162 e. The molecule has 0 bridgehead atoms. The molecule has 0 atom stereocenters. The number of aromatic nitrogens is 1. The molecule has 1 aromatic carbocycles. The number of fused-ring (bicyclic) bond motifs is 1. The zero-order valence-corrected chi connectivity index (χ0v) is 10.00. The van der Waals surface area contributed by atoms with E-state index >= 15 is 0 Å². The van der Waals surface area contributed by atoms with Gasteiger partial charge in [0.05, 0.1) is 12.6 Å². The van der Waals surface area contributed by atoms with E-state index in [4.69, 9.17) is 4.74 Å². The van der Waals surface area contributed by atoms with E-state index in [-0.39, 0.29) is 5.78 Å². The maximum atomic E-state index is 11.6. The third-order valence-corrected chi connectivity index (χ3v) is 3.04. The van der Waals surface area contributed by atoms with Crippen LogP contribution >= 0.6 is 0 Å². The number of rotatable bonds is 2. The summed E-state index contributed by atoms with van der Waals surface area (Å²) in [4.78, 5) is 11.6. The van der Waals surface area contributed by atoms with Crippen LogP contribution in [0.1, 0.15) is 23.0 Å². The smallest absolute Gasteiger partial charge is 0.162 e. The number of Topliss-reactive ketones (excluding diaryl/α,β-unsaturated/α-hetero) is 1. The van der Waals surface area contributed by atoms with E-state index in [2.05, 4.69) is 0 Å². The van der Waals surface area contributed by atoms with Crippen LogP contribution in [-0.4, -0.2) is 17.5 Å². The Morgan fingerprint density at radius 3 is 2.62 bits per heavy atom. The van der Waals surface area contributed by atoms with Crippen LogP contribution in [0, 0.1) is 6.92 Å². The summed E-state index contributed by atoms with van der Waals surface area (Å²) in [6.07, 6.45) is 0. The standard InChI is InChI=1S/C13H15NO2/c1-8-12(9(2)15)10-6-5-7-11(16-4)13(10)14(8)3/h5-7H,1-4H3. The summed E-state index contributed by atoms with van der Waals surface area (Å²) in [6.45, 7) is 3.55. The second-order valence-electron chi connectivity index (χ2n) is 3.93. The van der Waals surface area contributed by atoms with Gasteiger partial charge in [-0.1, -0.05) is 12.1 Å². The van der Waals surface area contributed by atoms with Crippen LogP contribution in [0.4, 0.5) is 0 Å². The van der Waals surface area contributed by atoms with Gasteiger partial charge in [-0.15, -0.1) is 0 Å². The van der Waals surface area contributed by atoms with Gasteiger partial charge in [0.25, 0.3) is 0 Å². The zero-order valence-electron chi connectivity index (χ0n) is 10.00. The molecule has 1 heterocycles. The van der Waals surface area contributed by atoms with Crippen LogP contribution in [0.15, 0.2) is 18.2 Å². The number of hydrogen-bond donors (Lipinski definition) is 0. The van der Waals surface area contributed by atoms with Crippen molar-refractivity contribution in [2.24, 2.45) is 7.05 Å². The third kappa shape index (κ3) is 1.32. The molecule has 84 valence electrons. The average Bonchev–Trinajstić information content (AvgIpc) is 2.51. The van der Waals surface area contributed by atoms with Crippen molar-refractivity contribution in [1.29, 1.82) is 0 Å². The molecule has 0 amide bonds. The van der Waals surface area contributed by atoms with Crippen molar-refractivity contribution in [3.05, 3.63) is 29.5 Å². The van der Waals surface area contributed by atoms with Crippen molar-refractivity contribution in [1.82, 2.24) is 4.57 Å². The number of ketones is 1. The molecule has 0 aliphatic carbocycles. The molecule has 0 N–H and O–H groups in total. The van der Waals surface area contributed by atoms with E-state index in [0.717, 1.165) is 27.9 Å². The number of methoxy groups -OCH3 is 1. The van der Waals surface area contributed by atoms with Gasteiger partial charge in [-0.05, 0) is 19.9 Å². The lowest BCUT2D eigenvalue weighted by Gasteiger charge is -2.04. The normalized spacial score (nSPS) is 10.8. The van der Waals surface area contributed by atoms with Crippen molar-refractivity contribution in [3.63, 3.8) is 0 Å².